The average Bonchev–Trinajstić information content (AvgIpc) is 3.12. The lowest BCUT2D eigenvalue weighted by molar-refractivity contribution is -0.132. The molecule has 2 heterocycles. The molecular formula is C22H24N2O3S. The van der Waals surface area contributed by atoms with Gasteiger partial charge in [-0.15, -0.1) is 0 Å². The van der Waals surface area contributed by atoms with E-state index in [1.165, 1.54) is 0 Å². The normalized spacial score (nSPS) is 15.0. The number of rotatable bonds is 6. The predicted molar refractivity (Wildman–Crippen MR) is 111 cm³/mol. The van der Waals surface area contributed by atoms with Crippen molar-refractivity contribution in [3.63, 3.8) is 0 Å². The minimum atomic E-state index is 0.120. The number of para-hydroxylation sites is 1. The number of carbonyl (C=O) groups is 1. The molecule has 3 aromatic rings. The zero-order valence-electron chi connectivity index (χ0n) is 16.0. The maximum atomic E-state index is 12.6. The molecule has 0 spiro atoms. The van der Waals surface area contributed by atoms with Crippen molar-refractivity contribution in [2.24, 2.45) is 0 Å². The monoisotopic (exact) mass is 396 g/mol. The molecule has 1 saturated heterocycles. The van der Waals surface area contributed by atoms with Crippen LogP contribution in [-0.2, 0) is 11.2 Å². The third kappa shape index (κ3) is 4.44. The van der Waals surface area contributed by atoms with Gasteiger partial charge in [-0.25, -0.2) is 4.98 Å². The van der Waals surface area contributed by atoms with E-state index < -0.39 is 0 Å². The van der Waals surface area contributed by atoms with Gasteiger partial charge in [-0.1, -0.05) is 35.6 Å². The van der Waals surface area contributed by atoms with Gasteiger partial charge < -0.3 is 14.4 Å². The number of benzene rings is 2. The molecular weight excluding hydrogens is 372 g/mol. The molecule has 0 atom stereocenters. The lowest BCUT2D eigenvalue weighted by Crippen LogP contribution is -2.42. The SMILES string of the molecule is CCOc1ccc(CC(=O)N2CCC(Oc3nc4ccccc4s3)CC2)cc1. The van der Waals surface area contributed by atoms with Gasteiger partial charge in [-0.2, -0.15) is 0 Å². The van der Waals surface area contributed by atoms with Crippen LogP contribution in [0.5, 0.6) is 10.9 Å². The summed E-state index contributed by atoms with van der Waals surface area (Å²) in [6.07, 6.45) is 2.22. The molecule has 2 aromatic carbocycles. The van der Waals surface area contributed by atoms with Gasteiger partial charge in [-0.05, 0) is 36.8 Å². The number of ether oxygens (including phenoxy) is 2. The van der Waals surface area contributed by atoms with Gasteiger partial charge in [0.1, 0.15) is 11.9 Å². The smallest absolute Gasteiger partial charge is 0.274 e. The van der Waals surface area contributed by atoms with Crippen LogP contribution in [0.3, 0.4) is 0 Å². The van der Waals surface area contributed by atoms with Crippen LogP contribution in [0.1, 0.15) is 25.3 Å². The number of piperidine rings is 1. The molecule has 6 heteroatoms. The fraction of sp³-hybridized carbons (Fsp3) is 0.364. The molecule has 1 aromatic heterocycles. The molecule has 0 radical (unpaired) electrons. The Bertz CT molecular complexity index is 897. The van der Waals surface area contributed by atoms with Crippen LogP contribution in [-0.4, -0.2) is 41.6 Å². The lowest BCUT2D eigenvalue weighted by atomic mass is 10.1. The first-order chi connectivity index (χ1) is 13.7. The maximum Gasteiger partial charge on any atom is 0.274 e. The van der Waals surface area contributed by atoms with Gasteiger partial charge >= 0.3 is 0 Å². The highest BCUT2D eigenvalue weighted by atomic mass is 32.1. The van der Waals surface area contributed by atoms with E-state index in [1.807, 2.05) is 54.3 Å². The van der Waals surface area contributed by atoms with Crippen LogP contribution < -0.4 is 9.47 Å². The van der Waals surface area contributed by atoms with Gasteiger partial charge in [0.25, 0.3) is 5.19 Å². The van der Waals surface area contributed by atoms with E-state index in [1.54, 1.807) is 11.3 Å². The summed E-state index contributed by atoms with van der Waals surface area (Å²) in [5, 5.41) is 0.723. The molecule has 146 valence electrons. The number of thiazole rings is 1. The van der Waals surface area contributed by atoms with Crippen LogP contribution in [0.15, 0.2) is 48.5 Å². The molecule has 5 nitrogen and oxygen atoms in total. The number of fused-ring (bicyclic) bond motifs is 1. The molecule has 28 heavy (non-hydrogen) atoms. The Morgan fingerprint density at radius 1 is 1.14 bits per heavy atom. The lowest BCUT2D eigenvalue weighted by Gasteiger charge is -2.31. The number of aromatic nitrogens is 1. The topological polar surface area (TPSA) is 51.7 Å². The van der Waals surface area contributed by atoms with E-state index in [4.69, 9.17) is 9.47 Å². The second kappa shape index (κ2) is 8.61. The fourth-order valence-corrected chi connectivity index (χ4v) is 4.30. The Morgan fingerprint density at radius 3 is 2.61 bits per heavy atom. The molecule has 0 bridgehead atoms. The average molecular weight is 397 g/mol. The Hall–Kier alpha value is -2.60. The van der Waals surface area contributed by atoms with Crippen molar-refractivity contribution in [2.45, 2.75) is 32.3 Å². The van der Waals surface area contributed by atoms with Crippen molar-refractivity contribution >= 4 is 27.5 Å². The second-order valence-corrected chi connectivity index (χ2v) is 7.89. The maximum absolute atomic E-state index is 12.6. The third-order valence-corrected chi connectivity index (χ3v) is 5.85. The van der Waals surface area contributed by atoms with Gasteiger partial charge in [-0.3, -0.25) is 4.79 Å². The van der Waals surface area contributed by atoms with Crippen molar-refractivity contribution < 1.29 is 14.3 Å². The fourth-order valence-electron chi connectivity index (χ4n) is 3.42. The number of likely N-dealkylation sites (tertiary alicyclic amines) is 1. The quantitative estimate of drug-likeness (QED) is 0.623. The van der Waals surface area contributed by atoms with Crippen LogP contribution in [0, 0.1) is 0 Å². The summed E-state index contributed by atoms with van der Waals surface area (Å²) in [5.41, 5.74) is 1.99. The van der Waals surface area contributed by atoms with E-state index in [9.17, 15) is 4.79 Å². The predicted octanol–water partition coefficient (Wildman–Crippen LogP) is 4.31. The summed E-state index contributed by atoms with van der Waals surface area (Å²) in [5.74, 6) is 1.01. The first-order valence-corrected chi connectivity index (χ1v) is 10.5. The van der Waals surface area contributed by atoms with Crippen molar-refractivity contribution in [1.82, 2.24) is 9.88 Å². The minimum Gasteiger partial charge on any atom is -0.494 e. The van der Waals surface area contributed by atoms with Crippen LogP contribution >= 0.6 is 11.3 Å². The highest BCUT2D eigenvalue weighted by molar-refractivity contribution is 7.20. The number of nitrogens with zero attached hydrogens (tertiary/aromatic N) is 2. The molecule has 4 rings (SSSR count). The standard InChI is InChI=1S/C22H24N2O3S/c1-2-26-17-9-7-16(8-10-17)15-21(25)24-13-11-18(12-14-24)27-22-23-19-5-3-4-6-20(19)28-22/h3-10,18H,2,11-15H2,1H3. The van der Waals surface area contributed by atoms with E-state index >= 15 is 0 Å². The van der Waals surface area contributed by atoms with Crippen molar-refractivity contribution in [1.29, 1.82) is 0 Å². The number of carbonyl (C=O) groups excluding carboxylic acids is 1. The Morgan fingerprint density at radius 2 is 1.89 bits per heavy atom. The van der Waals surface area contributed by atoms with Gasteiger partial charge in [0.15, 0.2) is 0 Å². The van der Waals surface area contributed by atoms with Crippen LogP contribution in [0.25, 0.3) is 10.2 Å². The van der Waals surface area contributed by atoms with Crippen LogP contribution in [0.4, 0.5) is 0 Å². The van der Waals surface area contributed by atoms with Crippen LogP contribution in [0.2, 0.25) is 0 Å². The first-order valence-electron chi connectivity index (χ1n) is 9.73. The summed E-state index contributed by atoms with van der Waals surface area (Å²) < 4.78 is 12.7. The van der Waals surface area contributed by atoms with Gasteiger partial charge in [0.05, 0.1) is 23.2 Å². The third-order valence-electron chi connectivity index (χ3n) is 4.93. The first kappa shape index (κ1) is 18.7. The molecule has 1 aliphatic rings. The van der Waals surface area contributed by atoms with E-state index in [2.05, 4.69) is 11.1 Å². The molecule has 1 fully saturated rings. The zero-order valence-corrected chi connectivity index (χ0v) is 16.8. The minimum absolute atomic E-state index is 0.120. The van der Waals surface area contributed by atoms with Gasteiger partial charge in [0, 0.05) is 25.9 Å². The molecule has 0 saturated carbocycles. The van der Waals surface area contributed by atoms with Crippen molar-refractivity contribution in [3.8, 4) is 10.9 Å². The largest absolute Gasteiger partial charge is 0.494 e. The van der Waals surface area contributed by atoms with Crippen molar-refractivity contribution in [3.05, 3.63) is 54.1 Å². The van der Waals surface area contributed by atoms with Crippen molar-refractivity contribution in [2.75, 3.05) is 19.7 Å². The molecule has 0 N–H and O–H groups in total. The Kier molecular flexibility index (Phi) is 5.76. The second-order valence-electron chi connectivity index (χ2n) is 6.90. The van der Waals surface area contributed by atoms with E-state index in [0.717, 1.165) is 52.7 Å². The molecule has 1 aliphatic heterocycles. The van der Waals surface area contributed by atoms with Gasteiger partial charge in [0.2, 0.25) is 5.91 Å². The Balaban J connectivity index is 1.27. The summed E-state index contributed by atoms with van der Waals surface area (Å²) in [7, 11) is 0. The van der Waals surface area contributed by atoms with E-state index in [-0.39, 0.29) is 12.0 Å². The summed E-state index contributed by atoms with van der Waals surface area (Å²) in [6.45, 7) is 4.06. The number of amides is 1. The summed E-state index contributed by atoms with van der Waals surface area (Å²) in [4.78, 5) is 19.1. The Labute approximate surface area is 168 Å². The highest BCUT2D eigenvalue weighted by Crippen LogP contribution is 2.29. The summed E-state index contributed by atoms with van der Waals surface area (Å²) >= 11 is 1.58. The molecule has 0 unspecified atom stereocenters. The molecule has 1 amide bonds. The summed E-state index contributed by atoms with van der Waals surface area (Å²) in [6, 6.07) is 15.8. The van der Waals surface area contributed by atoms with E-state index in [0.29, 0.717) is 13.0 Å². The number of hydrogen-bond donors (Lipinski definition) is 0. The highest BCUT2D eigenvalue weighted by Gasteiger charge is 2.24. The molecule has 0 aliphatic carbocycles. The number of hydrogen-bond acceptors (Lipinski definition) is 5. The zero-order chi connectivity index (χ0) is 19.3.